The van der Waals surface area contributed by atoms with Gasteiger partial charge in [0.05, 0.1) is 27.8 Å². The maximum Gasteiger partial charge on any atom is 0.273 e. The van der Waals surface area contributed by atoms with Crippen molar-refractivity contribution < 1.29 is 19.2 Å². The van der Waals surface area contributed by atoms with Gasteiger partial charge in [-0.25, -0.2) is 4.90 Å². The summed E-state index contributed by atoms with van der Waals surface area (Å²) in [6.07, 6.45) is 0. The summed E-state index contributed by atoms with van der Waals surface area (Å²) >= 11 is 0. The minimum atomic E-state index is -0.514. The second-order valence-corrected chi connectivity index (χ2v) is 6.80. The fraction of sp³-hybridized carbons (Fsp3) is 0.0909. The van der Waals surface area contributed by atoms with Gasteiger partial charge in [-0.2, -0.15) is 0 Å². The Labute approximate surface area is 166 Å². The summed E-state index contributed by atoms with van der Waals surface area (Å²) in [5, 5.41) is 10.9. The molecule has 144 valence electrons. The van der Waals surface area contributed by atoms with Crippen LogP contribution in [0.4, 0.5) is 11.4 Å². The molecular formula is C22H16N2O5. The molecule has 0 spiro atoms. The number of carbonyl (C=O) groups is 2. The van der Waals surface area contributed by atoms with Crippen LogP contribution >= 0.6 is 0 Å². The van der Waals surface area contributed by atoms with Crippen LogP contribution in [0.1, 0.15) is 31.8 Å². The van der Waals surface area contributed by atoms with Crippen LogP contribution in [-0.4, -0.2) is 16.7 Å². The highest BCUT2D eigenvalue weighted by atomic mass is 16.6. The molecule has 0 radical (unpaired) electrons. The predicted molar refractivity (Wildman–Crippen MR) is 107 cm³/mol. The van der Waals surface area contributed by atoms with Gasteiger partial charge in [0.15, 0.2) is 0 Å². The van der Waals surface area contributed by atoms with Crippen molar-refractivity contribution in [3.8, 4) is 11.5 Å². The predicted octanol–water partition coefficient (Wildman–Crippen LogP) is 4.80. The number of fused-ring (bicyclic) bond motifs is 1. The van der Waals surface area contributed by atoms with E-state index >= 15 is 0 Å². The van der Waals surface area contributed by atoms with Crippen LogP contribution < -0.4 is 9.64 Å². The number of non-ortho nitro benzene ring substituents is 1. The second kappa shape index (κ2) is 6.87. The molecule has 0 N–H and O–H groups in total. The average molecular weight is 388 g/mol. The Morgan fingerprint density at radius 1 is 0.862 bits per heavy atom. The molecule has 0 unspecified atom stereocenters. The normalized spacial score (nSPS) is 12.8. The van der Waals surface area contributed by atoms with Gasteiger partial charge < -0.3 is 4.74 Å². The van der Waals surface area contributed by atoms with Gasteiger partial charge in [0.2, 0.25) is 0 Å². The van der Waals surface area contributed by atoms with E-state index in [2.05, 4.69) is 0 Å². The van der Waals surface area contributed by atoms with Crippen LogP contribution in [0.5, 0.6) is 11.5 Å². The van der Waals surface area contributed by atoms with E-state index in [-0.39, 0.29) is 22.9 Å². The van der Waals surface area contributed by atoms with Crippen molar-refractivity contribution in [3.63, 3.8) is 0 Å². The average Bonchev–Trinajstić information content (AvgIpc) is 2.93. The standard InChI is InChI=1S/C22H16N2O5/c1-13-6-9-20(14(2)10-13)23-21(25)18-8-7-17(12-19(18)22(23)26)29-16-5-3-4-15(11-16)24(27)28/h3-12H,1-2H3. The first-order valence-electron chi connectivity index (χ1n) is 8.87. The number of hydrogen-bond donors (Lipinski definition) is 0. The lowest BCUT2D eigenvalue weighted by atomic mass is 10.1. The van der Waals surface area contributed by atoms with E-state index in [0.717, 1.165) is 16.0 Å². The summed E-state index contributed by atoms with van der Waals surface area (Å²) in [5.41, 5.74) is 2.83. The number of rotatable bonds is 4. The summed E-state index contributed by atoms with van der Waals surface area (Å²) in [7, 11) is 0. The van der Waals surface area contributed by atoms with Gasteiger partial charge in [-0.15, -0.1) is 0 Å². The topological polar surface area (TPSA) is 89.8 Å². The maximum absolute atomic E-state index is 13.0. The molecule has 0 aliphatic carbocycles. The first-order chi connectivity index (χ1) is 13.8. The lowest BCUT2D eigenvalue weighted by Crippen LogP contribution is -2.30. The molecule has 2 amide bonds. The first-order valence-corrected chi connectivity index (χ1v) is 8.87. The van der Waals surface area contributed by atoms with Crippen LogP contribution in [0, 0.1) is 24.0 Å². The summed E-state index contributed by atoms with van der Waals surface area (Å²) in [6.45, 7) is 3.79. The van der Waals surface area contributed by atoms with Crippen LogP contribution in [0.25, 0.3) is 0 Å². The minimum absolute atomic E-state index is 0.101. The Balaban J connectivity index is 1.67. The molecule has 7 heteroatoms. The number of amides is 2. The number of carbonyl (C=O) groups excluding carboxylic acids is 2. The van der Waals surface area contributed by atoms with Crippen molar-refractivity contribution in [2.45, 2.75) is 13.8 Å². The van der Waals surface area contributed by atoms with Gasteiger partial charge in [0.1, 0.15) is 11.5 Å². The SMILES string of the molecule is Cc1ccc(N2C(=O)c3ccc(Oc4cccc([N+](=O)[O-])c4)cc3C2=O)c(C)c1. The molecule has 3 aromatic rings. The molecule has 1 heterocycles. The van der Waals surface area contributed by atoms with E-state index in [1.54, 1.807) is 18.2 Å². The van der Waals surface area contributed by atoms with E-state index in [1.807, 2.05) is 26.0 Å². The second-order valence-electron chi connectivity index (χ2n) is 6.80. The van der Waals surface area contributed by atoms with Crippen LogP contribution in [0.15, 0.2) is 60.7 Å². The third kappa shape index (κ3) is 3.23. The molecule has 29 heavy (non-hydrogen) atoms. The number of nitro benzene ring substituents is 1. The largest absolute Gasteiger partial charge is 0.457 e. The van der Waals surface area contributed by atoms with Gasteiger partial charge in [-0.1, -0.05) is 23.8 Å². The third-order valence-electron chi connectivity index (χ3n) is 4.72. The lowest BCUT2D eigenvalue weighted by Gasteiger charge is -2.16. The van der Waals surface area contributed by atoms with Gasteiger partial charge >= 0.3 is 0 Å². The number of benzene rings is 3. The van der Waals surface area contributed by atoms with Crippen molar-refractivity contribution in [3.05, 3.63) is 93.0 Å². The van der Waals surface area contributed by atoms with Crippen LogP contribution in [-0.2, 0) is 0 Å². The van der Waals surface area contributed by atoms with Crippen molar-refractivity contribution in [1.82, 2.24) is 0 Å². The number of imide groups is 1. The fourth-order valence-corrected chi connectivity index (χ4v) is 3.36. The van der Waals surface area contributed by atoms with E-state index in [9.17, 15) is 19.7 Å². The molecule has 0 bridgehead atoms. The molecule has 3 aromatic carbocycles. The zero-order valence-corrected chi connectivity index (χ0v) is 15.7. The van der Waals surface area contributed by atoms with Crippen LogP contribution in [0.2, 0.25) is 0 Å². The summed E-state index contributed by atoms with van der Waals surface area (Å²) in [4.78, 5) is 37.3. The summed E-state index contributed by atoms with van der Waals surface area (Å²) in [6, 6.07) is 15.8. The highest BCUT2D eigenvalue weighted by Gasteiger charge is 2.37. The highest BCUT2D eigenvalue weighted by Crippen LogP contribution is 2.34. The van der Waals surface area contributed by atoms with E-state index in [1.165, 1.54) is 30.3 Å². The zero-order valence-electron chi connectivity index (χ0n) is 15.7. The monoisotopic (exact) mass is 388 g/mol. The van der Waals surface area contributed by atoms with Gasteiger partial charge in [-0.3, -0.25) is 19.7 Å². The van der Waals surface area contributed by atoms with Crippen molar-refractivity contribution in [2.75, 3.05) is 4.90 Å². The van der Waals surface area contributed by atoms with Gasteiger partial charge in [0, 0.05) is 6.07 Å². The Morgan fingerprint density at radius 3 is 2.31 bits per heavy atom. The smallest absolute Gasteiger partial charge is 0.273 e. The lowest BCUT2D eigenvalue weighted by molar-refractivity contribution is -0.384. The molecule has 1 aliphatic rings. The molecule has 0 saturated carbocycles. The Morgan fingerprint density at radius 2 is 1.59 bits per heavy atom. The van der Waals surface area contributed by atoms with Crippen LogP contribution in [0.3, 0.4) is 0 Å². The Hall–Kier alpha value is -4.00. The maximum atomic E-state index is 13.0. The first kappa shape index (κ1) is 18.4. The highest BCUT2D eigenvalue weighted by molar-refractivity contribution is 6.34. The summed E-state index contributed by atoms with van der Waals surface area (Å²) in [5.74, 6) is -0.240. The minimum Gasteiger partial charge on any atom is -0.457 e. The summed E-state index contributed by atoms with van der Waals surface area (Å²) < 4.78 is 5.67. The number of nitro groups is 1. The molecular weight excluding hydrogens is 372 g/mol. The zero-order chi connectivity index (χ0) is 20.7. The van der Waals surface area contributed by atoms with Crippen molar-refractivity contribution in [1.29, 1.82) is 0 Å². The molecule has 0 saturated heterocycles. The van der Waals surface area contributed by atoms with E-state index in [4.69, 9.17) is 4.74 Å². The van der Waals surface area contributed by atoms with Crippen molar-refractivity contribution >= 4 is 23.2 Å². The molecule has 1 aliphatic heterocycles. The van der Waals surface area contributed by atoms with Gasteiger partial charge in [-0.05, 0) is 49.7 Å². The third-order valence-corrected chi connectivity index (χ3v) is 4.72. The molecule has 0 atom stereocenters. The number of hydrogen-bond acceptors (Lipinski definition) is 5. The van der Waals surface area contributed by atoms with E-state index < -0.39 is 10.8 Å². The van der Waals surface area contributed by atoms with E-state index in [0.29, 0.717) is 17.0 Å². The number of ether oxygens (including phenoxy) is 1. The fourth-order valence-electron chi connectivity index (χ4n) is 3.36. The number of aryl methyl sites for hydroxylation is 2. The quantitative estimate of drug-likeness (QED) is 0.364. The molecule has 0 aromatic heterocycles. The molecule has 4 rings (SSSR count). The molecule has 7 nitrogen and oxygen atoms in total. The Kier molecular flexibility index (Phi) is 4.35. The van der Waals surface area contributed by atoms with Gasteiger partial charge in [0.25, 0.3) is 17.5 Å². The molecule has 0 fully saturated rings. The Bertz CT molecular complexity index is 1190. The number of nitrogens with zero attached hydrogens (tertiary/aromatic N) is 2. The van der Waals surface area contributed by atoms with Crippen molar-refractivity contribution in [2.24, 2.45) is 0 Å². The number of anilines is 1.